The van der Waals surface area contributed by atoms with Crippen molar-refractivity contribution in [1.82, 2.24) is 19.9 Å². The minimum Gasteiger partial charge on any atom is -0.339 e. The minimum atomic E-state index is -0.137. The molecule has 1 aliphatic rings. The van der Waals surface area contributed by atoms with E-state index in [-0.39, 0.29) is 16.7 Å². The lowest BCUT2D eigenvalue weighted by Gasteiger charge is -2.15. The fraction of sp³-hybridized carbons (Fsp3) is 0.300. The van der Waals surface area contributed by atoms with Crippen molar-refractivity contribution in [3.05, 3.63) is 64.3 Å². The first-order valence-corrected chi connectivity index (χ1v) is 9.91. The largest absolute Gasteiger partial charge is 0.339 e. The quantitative estimate of drug-likeness (QED) is 0.702. The molecular weight excluding hydrogens is 360 g/mol. The summed E-state index contributed by atoms with van der Waals surface area (Å²) < 4.78 is 0. The molecule has 0 aliphatic carbocycles. The van der Waals surface area contributed by atoms with E-state index in [9.17, 15) is 9.59 Å². The Balaban J connectivity index is 1.50. The number of benzene rings is 1. The molecule has 1 fully saturated rings. The van der Waals surface area contributed by atoms with Crippen LogP contribution in [-0.2, 0) is 0 Å². The van der Waals surface area contributed by atoms with Crippen LogP contribution in [0.4, 0.5) is 0 Å². The van der Waals surface area contributed by atoms with Gasteiger partial charge in [-0.1, -0.05) is 23.9 Å². The molecule has 0 spiro atoms. The molecule has 3 heterocycles. The second-order valence-corrected chi connectivity index (χ2v) is 7.97. The zero-order valence-corrected chi connectivity index (χ0v) is 15.8. The molecule has 1 saturated heterocycles. The van der Waals surface area contributed by atoms with Crippen LogP contribution in [0.25, 0.3) is 10.9 Å². The van der Waals surface area contributed by atoms with Crippen molar-refractivity contribution >= 4 is 28.6 Å². The maximum atomic E-state index is 12.4. The molecule has 0 unspecified atom stereocenters. The second kappa shape index (κ2) is 7.52. The maximum Gasteiger partial charge on any atom is 0.258 e. The SMILES string of the molecule is C[C@@H](Sc1ccc(C(=O)N2CCCC2)cn1)c1nc2ccccc2c(=O)[nH]1. The summed E-state index contributed by atoms with van der Waals surface area (Å²) in [6, 6.07) is 11.0. The highest BCUT2D eigenvalue weighted by Gasteiger charge is 2.20. The van der Waals surface area contributed by atoms with Crippen molar-refractivity contribution in [2.45, 2.75) is 30.0 Å². The zero-order chi connectivity index (χ0) is 18.8. The number of likely N-dealkylation sites (tertiary alicyclic amines) is 1. The second-order valence-electron chi connectivity index (χ2n) is 6.61. The maximum absolute atomic E-state index is 12.4. The van der Waals surface area contributed by atoms with Crippen molar-refractivity contribution in [3.8, 4) is 0 Å². The van der Waals surface area contributed by atoms with Gasteiger partial charge in [-0.15, -0.1) is 0 Å². The first-order chi connectivity index (χ1) is 13.1. The predicted octanol–water partition coefficient (Wildman–Crippen LogP) is 3.41. The van der Waals surface area contributed by atoms with Crippen LogP contribution in [0.1, 0.15) is 41.2 Å². The highest BCUT2D eigenvalue weighted by molar-refractivity contribution is 7.99. The van der Waals surface area contributed by atoms with Crippen LogP contribution in [0.2, 0.25) is 0 Å². The number of pyridine rings is 1. The summed E-state index contributed by atoms with van der Waals surface area (Å²) in [5.41, 5.74) is 1.16. The molecule has 1 aromatic carbocycles. The molecule has 1 N–H and O–H groups in total. The molecule has 4 rings (SSSR count). The molecule has 0 bridgehead atoms. The van der Waals surface area contributed by atoms with Crippen LogP contribution in [0.3, 0.4) is 0 Å². The van der Waals surface area contributed by atoms with Crippen molar-refractivity contribution < 1.29 is 4.79 Å². The Bertz CT molecular complexity index is 1030. The van der Waals surface area contributed by atoms with E-state index in [2.05, 4.69) is 15.0 Å². The third-order valence-electron chi connectivity index (χ3n) is 4.69. The third kappa shape index (κ3) is 3.73. The van der Waals surface area contributed by atoms with Crippen molar-refractivity contribution in [1.29, 1.82) is 0 Å². The molecule has 3 aromatic rings. The van der Waals surface area contributed by atoms with Gasteiger partial charge in [0.05, 0.1) is 26.7 Å². The Morgan fingerprint density at radius 3 is 2.70 bits per heavy atom. The average Bonchev–Trinajstić information content (AvgIpc) is 3.23. The number of nitrogens with one attached hydrogen (secondary N) is 1. The Kier molecular flexibility index (Phi) is 4.94. The van der Waals surface area contributed by atoms with Crippen molar-refractivity contribution in [2.75, 3.05) is 13.1 Å². The van der Waals surface area contributed by atoms with Crippen LogP contribution in [0.15, 0.2) is 52.4 Å². The zero-order valence-electron chi connectivity index (χ0n) is 15.0. The average molecular weight is 380 g/mol. The monoisotopic (exact) mass is 380 g/mol. The van der Waals surface area contributed by atoms with Crippen LogP contribution >= 0.6 is 11.8 Å². The van der Waals surface area contributed by atoms with Gasteiger partial charge >= 0.3 is 0 Å². The number of aromatic nitrogens is 3. The summed E-state index contributed by atoms with van der Waals surface area (Å²) in [7, 11) is 0. The summed E-state index contributed by atoms with van der Waals surface area (Å²) in [5, 5.41) is 1.30. The lowest BCUT2D eigenvalue weighted by molar-refractivity contribution is 0.0792. The molecule has 138 valence electrons. The van der Waals surface area contributed by atoms with Gasteiger partial charge in [0.15, 0.2) is 0 Å². The van der Waals surface area contributed by atoms with Crippen molar-refractivity contribution in [3.63, 3.8) is 0 Å². The first-order valence-electron chi connectivity index (χ1n) is 9.03. The Hall–Kier alpha value is -2.67. The number of carbonyl (C=O) groups is 1. The topological polar surface area (TPSA) is 79.0 Å². The van der Waals surface area contributed by atoms with Crippen LogP contribution in [-0.4, -0.2) is 38.8 Å². The van der Waals surface area contributed by atoms with Gasteiger partial charge in [-0.25, -0.2) is 9.97 Å². The van der Waals surface area contributed by atoms with Crippen LogP contribution in [0.5, 0.6) is 0 Å². The smallest absolute Gasteiger partial charge is 0.258 e. The van der Waals surface area contributed by atoms with Gasteiger partial charge < -0.3 is 9.88 Å². The highest BCUT2D eigenvalue weighted by Crippen LogP contribution is 2.31. The molecule has 0 radical (unpaired) electrons. The number of nitrogens with zero attached hydrogens (tertiary/aromatic N) is 3. The number of rotatable bonds is 4. The number of carbonyl (C=O) groups excluding carboxylic acids is 1. The number of H-pyrrole nitrogens is 1. The molecular formula is C20H20N4O2S. The number of fused-ring (bicyclic) bond motifs is 1. The third-order valence-corrected chi connectivity index (χ3v) is 5.75. The Labute approximate surface area is 161 Å². The van der Waals surface area contributed by atoms with Gasteiger partial charge in [-0.3, -0.25) is 9.59 Å². The molecule has 1 amide bonds. The van der Waals surface area contributed by atoms with E-state index in [1.165, 1.54) is 11.8 Å². The molecule has 0 saturated carbocycles. The van der Waals surface area contributed by atoms with E-state index < -0.39 is 0 Å². The summed E-state index contributed by atoms with van der Waals surface area (Å²) in [5.74, 6) is 0.660. The number of para-hydroxylation sites is 1. The number of aromatic amines is 1. The summed E-state index contributed by atoms with van der Waals surface area (Å²) in [4.78, 5) is 38.3. The van der Waals surface area contributed by atoms with Gasteiger partial charge in [0.1, 0.15) is 5.82 Å². The van der Waals surface area contributed by atoms with E-state index in [0.29, 0.717) is 22.3 Å². The highest BCUT2D eigenvalue weighted by atomic mass is 32.2. The van der Waals surface area contributed by atoms with Gasteiger partial charge in [-0.2, -0.15) is 0 Å². The predicted molar refractivity (Wildman–Crippen MR) is 106 cm³/mol. The molecule has 2 aromatic heterocycles. The van der Waals surface area contributed by atoms with Gasteiger partial charge in [0.25, 0.3) is 11.5 Å². The van der Waals surface area contributed by atoms with E-state index in [4.69, 9.17) is 0 Å². The molecule has 1 aliphatic heterocycles. The molecule has 27 heavy (non-hydrogen) atoms. The summed E-state index contributed by atoms with van der Waals surface area (Å²) in [6.45, 7) is 3.63. The van der Waals surface area contributed by atoms with E-state index in [1.54, 1.807) is 12.3 Å². The van der Waals surface area contributed by atoms with Gasteiger partial charge in [-0.05, 0) is 44.0 Å². The molecule has 1 atom stereocenters. The van der Waals surface area contributed by atoms with Gasteiger partial charge in [0.2, 0.25) is 0 Å². The number of thioether (sulfide) groups is 1. The number of hydrogen-bond acceptors (Lipinski definition) is 5. The first kappa shape index (κ1) is 17.7. The van der Waals surface area contributed by atoms with Crippen LogP contribution < -0.4 is 5.56 Å². The molecule has 7 heteroatoms. The standard InChI is InChI=1S/C20H20N4O2S/c1-13(18-22-16-7-3-2-6-15(16)19(25)23-18)27-17-9-8-14(12-21-17)20(26)24-10-4-5-11-24/h2-3,6-9,12-13H,4-5,10-11H2,1H3,(H,22,23,25)/t13-/m1/s1. The van der Waals surface area contributed by atoms with E-state index in [0.717, 1.165) is 31.0 Å². The number of hydrogen-bond donors (Lipinski definition) is 1. The van der Waals surface area contributed by atoms with E-state index in [1.807, 2.05) is 42.2 Å². The lowest BCUT2D eigenvalue weighted by Crippen LogP contribution is -2.27. The van der Waals surface area contributed by atoms with Crippen molar-refractivity contribution in [2.24, 2.45) is 0 Å². The number of amides is 1. The fourth-order valence-corrected chi connectivity index (χ4v) is 4.06. The summed E-state index contributed by atoms with van der Waals surface area (Å²) >= 11 is 1.50. The Morgan fingerprint density at radius 1 is 1.19 bits per heavy atom. The molecule has 6 nitrogen and oxygen atoms in total. The lowest BCUT2D eigenvalue weighted by atomic mass is 10.2. The normalized spacial score (nSPS) is 15.2. The van der Waals surface area contributed by atoms with Gasteiger partial charge in [0, 0.05) is 19.3 Å². The minimum absolute atomic E-state index is 0.0464. The Morgan fingerprint density at radius 2 is 1.96 bits per heavy atom. The fourth-order valence-electron chi connectivity index (χ4n) is 3.21. The van der Waals surface area contributed by atoms with E-state index >= 15 is 0 Å². The summed E-state index contributed by atoms with van der Waals surface area (Å²) in [6.07, 6.45) is 3.77. The van der Waals surface area contributed by atoms with Crippen LogP contribution in [0, 0.1) is 0 Å².